The molecule has 0 bridgehead atoms. The standard InChI is InChI=1S/C17H24N2O3S/c1-4-9-18-10-12-19(13-11-18)14-17(2,20)15-5-7-16(8-6-15)23(3,21)22/h1,5-8,20H,9-14H2,2-3H3/t17-/m0/s1. The molecule has 1 heterocycles. The van der Waals surface area contributed by atoms with E-state index in [9.17, 15) is 13.5 Å². The Morgan fingerprint density at radius 3 is 2.17 bits per heavy atom. The summed E-state index contributed by atoms with van der Waals surface area (Å²) in [5.74, 6) is 2.65. The van der Waals surface area contributed by atoms with Crippen molar-refractivity contribution >= 4 is 9.84 Å². The molecule has 1 aliphatic rings. The Bertz CT molecular complexity index is 667. The van der Waals surface area contributed by atoms with E-state index in [1.54, 1.807) is 31.2 Å². The van der Waals surface area contributed by atoms with Crippen molar-refractivity contribution in [3.05, 3.63) is 29.8 Å². The number of hydrogen-bond donors (Lipinski definition) is 1. The Labute approximate surface area is 138 Å². The highest BCUT2D eigenvalue weighted by atomic mass is 32.2. The minimum absolute atomic E-state index is 0.264. The molecule has 1 aromatic carbocycles. The molecule has 0 spiro atoms. The van der Waals surface area contributed by atoms with Crippen molar-refractivity contribution in [1.82, 2.24) is 9.80 Å². The van der Waals surface area contributed by atoms with Crippen molar-refractivity contribution in [2.24, 2.45) is 0 Å². The molecule has 1 atom stereocenters. The zero-order chi connectivity index (χ0) is 17.1. The van der Waals surface area contributed by atoms with Crippen LogP contribution < -0.4 is 0 Å². The summed E-state index contributed by atoms with van der Waals surface area (Å²) in [6.07, 6.45) is 6.50. The van der Waals surface area contributed by atoms with Crippen molar-refractivity contribution in [1.29, 1.82) is 0 Å². The van der Waals surface area contributed by atoms with Crippen LogP contribution >= 0.6 is 0 Å². The minimum atomic E-state index is -3.22. The molecule has 1 aliphatic heterocycles. The van der Waals surface area contributed by atoms with Crippen molar-refractivity contribution in [3.8, 4) is 12.3 Å². The van der Waals surface area contributed by atoms with Gasteiger partial charge in [0, 0.05) is 39.0 Å². The van der Waals surface area contributed by atoms with Gasteiger partial charge in [-0.05, 0) is 24.6 Å². The lowest BCUT2D eigenvalue weighted by Gasteiger charge is -2.37. The third-order valence-electron chi connectivity index (χ3n) is 4.22. The van der Waals surface area contributed by atoms with Gasteiger partial charge in [0.2, 0.25) is 0 Å². The van der Waals surface area contributed by atoms with Crippen LogP contribution in [-0.2, 0) is 15.4 Å². The van der Waals surface area contributed by atoms with Gasteiger partial charge in [0.15, 0.2) is 9.84 Å². The molecule has 5 nitrogen and oxygen atoms in total. The fraction of sp³-hybridized carbons (Fsp3) is 0.529. The van der Waals surface area contributed by atoms with Crippen LogP contribution in [0.5, 0.6) is 0 Å². The summed E-state index contributed by atoms with van der Waals surface area (Å²) in [6.45, 7) is 6.45. The van der Waals surface area contributed by atoms with Gasteiger partial charge in [-0.2, -0.15) is 0 Å². The first-order valence-corrected chi connectivity index (χ1v) is 9.53. The van der Waals surface area contributed by atoms with Crippen molar-refractivity contribution < 1.29 is 13.5 Å². The third-order valence-corrected chi connectivity index (χ3v) is 5.34. The molecule has 1 fully saturated rings. The zero-order valence-electron chi connectivity index (χ0n) is 13.7. The highest BCUT2D eigenvalue weighted by molar-refractivity contribution is 7.90. The Hall–Kier alpha value is -1.39. The van der Waals surface area contributed by atoms with E-state index in [0.29, 0.717) is 13.1 Å². The van der Waals surface area contributed by atoms with E-state index >= 15 is 0 Å². The summed E-state index contributed by atoms with van der Waals surface area (Å²) in [5, 5.41) is 10.8. The van der Waals surface area contributed by atoms with Gasteiger partial charge in [-0.25, -0.2) is 8.42 Å². The van der Waals surface area contributed by atoms with Crippen LogP contribution in [0.4, 0.5) is 0 Å². The van der Waals surface area contributed by atoms with Crippen LogP contribution in [0.25, 0.3) is 0 Å². The molecule has 0 aliphatic carbocycles. The van der Waals surface area contributed by atoms with Gasteiger partial charge >= 0.3 is 0 Å². The minimum Gasteiger partial charge on any atom is -0.384 e. The highest BCUT2D eigenvalue weighted by Gasteiger charge is 2.28. The van der Waals surface area contributed by atoms with E-state index in [4.69, 9.17) is 6.42 Å². The molecule has 23 heavy (non-hydrogen) atoms. The molecule has 2 rings (SSSR count). The molecule has 1 N–H and O–H groups in total. The number of sulfone groups is 1. The van der Waals surface area contributed by atoms with E-state index in [-0.39, 0.29) is 4.90 Å². The molecule has 0 unspecified atom stereocenters. The molecule has 0 amide bonds. The SMILES string of the molecule is C#CCN1CCN(C[C@](C)(O)c2ccc(S(C)(=O)=O)cc2)CC1. The topological polar surface area (TPSA) is 60.9 Å². The van der Waals surface area contributed by atoms with E-state index in [2.05, 4.69) is 15.7 Å². The molecule has 126 valence electrons. The zero-order valence-corrected chi connectivity index (χ0v) is 14.5. The summed E-state index contributed by atoms with van der Waals surface area (Å²) in [7, 11) is -3.22. The Morgan fingerprint density at radius 1 is 1.17 bits per heavy atom. The summed E-state index contributed by atoms with van der Waals surface area (Å²) in [6, 6.07) is 6.46. The quantitative estimate of drug-likeness (QED) is 0.796. The van der Waals surface area contributed by atoms with Crippen LogP contribution in [0.1, 0.15) is 12.5 Å². The maximum Gasteiger partial charge on any atom is 0.175 e. The second-order valence-electron chi connectivity index (χ2n) is 6.33. The number of β-amino-alcohol motifs (C(OH)–C–C–N with tert-alkyl or cyclic N) is 1. The van der Waals surface area contributed by atoms with Gasteiger partial charge in [-0.1, -0.05) is 18.1 Å². The highest BCUT2D eigenvalue weighted by Crippen LogP contribution is 2.24. The second-order valence-corrected chi connectivity index (χ2v) is 8.34. The Balaban J connectivity index is 2.01. The number of piperazine rings is 1. The number of rotatable bonds is 5. The van der Waals surface area contributed by atoms with E-state index in [1.165, 1.54) is 6.26 Å². The van der Waals surface area contributed by atoms with Crippen LogP contribution in [-0.4, -0.2) is 68.8 Å². The fourth-order valence-electron chi connectivity index (χ4n) is 2.82. The molecule has 1 saturated heterocycles. The molecular weight excluding hydrogens is 312 g/mol. The first-order valence-electron chi connectivity index (χ1n) is 7.63. The Kier molecular flexibility index (Phi) is 5.48. The molecule has 0 radical (unpaired) electrons. The average molecular weight is 336 g/mol. The van der Waals surface area contributed by atoms with Gasteiger partial charge in [-0.3, -0.25) is 9.80 Å². The molecule has 6 heteroatoms. The van der Waals surface area contributed by atoms with E-state index < -0.39 is 15.4 Å². The van der Waals surface area contributed by atoms with Crippen molar-refractivity contribution in [3.63, 3.8) is 0 Å². The van der Waals surface area contributed by atoms with Crippen LogP contribution in [0.2, 0.25) is 0 Å². The predicted molar refractivity (Wildman–Crippen MR) is 90.8 cm³/mol. The van der Waals surface area contributed by atoms with Gasteiger partial charge in [0.25, 0.3) is 0 Å². The summed E-state index contributed by atoms with van der Waals surface area (Å²) >= 11 is 0. The monoisotopic (exact) mass is 336 g/mol. The molecule has 1 aromatic rings. The maximum absolute atomic E-state index is 11.5. The van der Waals surface area contributed by atoms with Gasteiger partial charge < -0.3 is 5.11 Å². The van der Waals surface area contributed by atoms with E-state index in [1.807, 2.05) is 0 Å². The molecular formula is C17H24N2O3S. The second kappa shape index (κ2) is 7.02. The molecule has 0 saturated carbocycles. The first-order chi connectivity index (χ1) is 10.7. The lowest BCUT2D eigenvalue weighted by Crippen LogP contribution is -2.50. The van der Waals surface area contributed by atoms with Crippen molar-refractivity contribution in [2.45, 2.75) is 17.4 Å². The van der Waals surface area contributed by atoms with Gasteiger partial charge in [0.05, 0.1) is 17.0 Å². The number of nitrogens with zero attached hydrogens (tertiary/aromatic N) is 2. The number of terminal acetylenes is 1. The van der Waals surface area contributed by atoms with Crippen LogP contribution in [0.3, 0.4) is 0 Å². The van der Waals surface area contributed by atoms with Crippen molar-refractivity contribution in [2.75, 3.05) is 45.5 Å². The first kappa shape index (κ1) is 18.0. The average Bonchev–Trinajstić information content (AvgIpc) is 2.48. The number of hydrogen-bond acceptors (Lipinski definition) is 5. The smallest absolute Gasteiger partial charge is 0.175 e. The third kappa shape index (κ3) is 4.79. The summed E-state index contributed by atoms with van der Waals surface area (Å²) in [5.41, 5.74) is -0.305. The largest absolute Gasteiger partial charge is 0.384 e. The predicted octanol–water partition coefficient (Wildman–Crippen LogP) is 0.548. The fourth-order valence-corrected chi connectivity index (χ4v) is 3.45. The van der Waals surface area contributed by atoms with Crippen LogP contribution in [0.15, 0.2) is 29.2 Å². The maximum atomic E-state index is 11.5. The molecule has 0 aromatic heterocycles. The van der Waals surface area contributed by atoms with Crippen LogP contribution in [0, 0.1) is 12.3 Å². The van der Waals surface area contributed by atoms with Gasteiger partial charge in [0.1, 0.15) is 0 Å². The lowest BCUT2D eigenvalue weighted by atomic mass is 9.95. The number of benzene rings is 1. The van der Waals surface area contributed by atoms with Gasteiger partial charge in [-0.15, -0.1) is 6.42 Å². The van der Waals surface area contributed by atoms with E-state index in [0.717, 1.165) is 31.7 Å². The number of aliphatic hydroxyl groups is 1. The lowest BCUT2D eigenvalue weighted by molar-refractivity contribution is 0.00184. The summed E-state index contributed by atoms with van der Waals surface area (Å²) in [4.78, 5) is 4.68. The Morgan fingerprint density at radius 2 is 1.70 bits per heavy atom. The summed E-state index contributed by atoms with van der Waals surface area (Å²) < 4.78 is 23.0. The normalized spacial score (nSPS) is 19.9.